The Bertz CT molecular complexity index is 437. The third kappa shape index (κ3) is 4.65. The van der Waals surface area contributed by atoms with E-state index < -0.39 is 23.4 Å². The van der Waals surface area contributed by atoms with E-state index in [4.69, 9.17) is 9.47 Å². The van der Waals surface area contributed by atoms with E-state index in [-0.39, 0.29) is 12.2 Å². The van der Waals surface area contributed by atoms with Crippen LogP contribution in [0.15, 0.2) is 25.0 Å². The van der Waals surface area contributed by atoms with Gasteiger partial charge in [0.25, 0.3) is 0 Å². The summed E-state index contributed by atoms with van der Waals surface area (Å²) in [5, 5.41) is 0. The van der Waals surface area contributed by atoms with E-state index in [1.54, 1.807) is 0 Å². The van der Waals surface area contributed by atoms with E-state index in [2.05, 4.69) is 6.58 Å². The normalized spacial score (nSPS) is 10.1. The van der Waals surface area contributed by atoms with Gasteiger partial charge in [-0.15, -0.1) is 0 Å². The average Bonchev–Trinajstić information content (AvgIpc) is 2.39. The Labute approximate surface area is 108 Å². The molecule has 0 spiro atoms. The smallest absolute Gasteiger partial charge is 0.338 e. The fourth-order valence-corrected chi connectivity index (χ4v) is 1.29. The number of unbranched alkanes of at least 4 members (excludes halogenated alkanes) is 1. The van der Waals surface area contributed by atoms with Gasteiger partial charge < -0.3 is 9.47 Å². The molecule has 0 fully saturated rings. The molecule has 0 aliphatic rings. The van der Waals surface area contributed by atoms with E-state index in [0.717, 1.165) is 0 Å². The fraction of sp³-hybridized carbons (Fsp3) is 0.308. The molecule has 1 rings (SSSR count). The van der Waals surface area contributed by atoms with Gasteiger partial charge in [-0.25, -0.2) is 18.0 Å². The molecule has 0 bridgehead atoms. The SMILES string of the molecule is C=COCCCCOC(=O)c1cc(F)c(F)c(F)c1. The molecule has 0 atom stereocenters. The number of rotatable bonds is 7. The second-order valence-electron chi connectivity index (χ2n) is 3.63. The van der Waals surface area contributed by atoms with Crippen LogP contribution in [0, 0.1) is 17.5 Å². The second kappa shape index (κ2) is 7.45. The van der Waals surface area contributed by atoms with Crippen molar-refractivity contribution in [3.63, 3.8) is 0 Å². The third-order valence-corrected chi connectivity index (χ3v) is 2.23. The Morgan fingerprint density at radius 2 is 1.74 bits per heavy atom. The molecule has 19 heavy (non-hydrogen) atoms. The third-order valence-electron chi connectivity index (χ3n) is 2.23. The van der Waals surface area contributed by atoms with Crippen molar-refractivity contribution in [1.29, 1.82) is 0 Å². The van der Waals surface area contributed by atoms with Gasteiger partial charge in [0.05, 0.1) is 25.0 Å². The zero-order valence-electron chi connectivity index (χ0n) is 10.1. The highest BCUT2D eigenvalue weighted by Crippen LogP contribution is 2.14. The molecule has 0 saturated heterocycles. The molecule has 0 aliphatic carbocycles. The lowest BCUT2D eigenvalue weighted by Crippen LogP contribution is -2.09. The van der Waals surface area contributed by atoms with Gasteiger partial charge in [0.2, 0.25) is 0 Å². The molecular weight excluding hydrogens is 261 g/mol. The number of hydrogen-bond donors (Lipinski definition) is 0. The Morgan fingerprint density at radius 3 is 2.32 bits per heavy atom. The Morgan fingerprint density at radius 1 is 1.16 bits per heavy atom. The molecule has 0 aromatic heterocycles. The summed E-state index contributed by atoms with van der Waals surface area (Å²) < 4.78 is 48.1. The first-order valence-electron chi connectivity index (χ1n) is 5.60. The standard InChI is InChI=1S/C13H13F3O3/c1-2-18-5-3-4-6-19-13(17)9-7-10(14)12(16)11(15)8-9/h2,7-8H,1,3-6H2. The van der Waals surface area contributed by atoms with Gasteiger partial charge in [-0.1, -0.05) is 6.58 Å². The van der Waals surface area contributed by atoms with Crippen LogP contribution in [-0.4, -0.2) is 19.2 Å². The summed E-state index contributed by atoms with van der Waals surface area (Å²) in [5.41, 5.74) is -0.362. The van der Waals surface area contributed by atoms with Gasteiger partial charge in [0.1, 0.15) is 0 Å². The van der Waals surface area contributed by atoms with Crippen molar-refractivity contribution in [3.05, 3.63) is 48.0 Å². The van der Waals surface area contributed by atoms with Crippen molar-refractivity contribution in [2.75, 3.05) is 13.2 Å². The van der Waals surface area contributed by atoms with E-state index in [0.29, 0.717) is 31.6 Å². The summed E-state index contributed by atoms with van der Waals surface area (Å²) in [4.78, 5) is 11.4. The Hall–Kier alpha value is -1.98. The zero-order valence-corrected chi connectivity index (χ0v) is 10.1. The van der Waals surface area contributed by atoms with Crippen molar-refractivity contribution in [2.45, 2.75) is 12.8 Å². The summed E-state index contributed by atoms with van der Waals surface area (Å²) in [5.74, 6) is -5.36. The number of benzene rings is 1. The highest BCUT2D eigenvalue weighted by atomic mass is 19.2. The van der Waals surface area contributed by atoms with Crippen LogP contribution < -0.4 is 0 Å². The summed E-state index contributed by atoms with van der Waals surface area (Å²) in [6, 6.07) is 1.20. The molecule has 1 aromatic rings. The highest BCUT2D eigenvalue weighted by Gasteiger charge is 2.15. The quantitative estimate of drug-likeness (QED) is 0.331. The van der Waals surface area contributed by atoms with Crippen LogP contribution in [-0.2, 0) is 9.47 Å². The number of carbonyl (C=O) groups is 1. The van der Waals surface area contributed by atoms with Gasteiger partial charge in [0, 0.05) is 0 Å². The van der Waals surface area contributed by atoms with Crippen molar-refractivity contribution < 1.29 is 27.4 Å². The molecule has 0 radical (unpaired) electrons. The van der Waals surface area contributed by atoms with Gasteiger partial charge in [-0.3, -0.25) is 0 Å². The minimum absolute atomic E-state index is 0.0833. The van der Waals surface area contributed by atoms with Gasteiger partial charge in [-0.05, 0) is 25.0 Å². The van der Waals surface area contributed by atoms with Crippen LogP contribution in [0.25, 0.3) is 0 Å². The predicted molar refractivity (Wildman–Crippen MR) is 62.0 cm³/mol. The lowest BCUT2D eigenvalue weighted by Gasteiger charge is -2.05. The van der Waals surface area contributed by atoms with E-state index in [1.165, 1.54) is 6.26 Å². The van der Waals surface area contributed by atoms with Crippen LogP contribution >= 0.6 is 0 Å². The maximum Gasteiger partial charge on any atom is 0.338 e. The number of hydrogen-bond acceptors (Lipinski definition) is 3. The van der Waals surface area contributed by atoms with Crippen LogP contribution in [0.5, 0.6) is 0 Å². The zero-order chi connectivity index (χ0) is 14.3. The molecular formula is C13H13F3O3. The predicted octanol–water partition coefficient (Wildman–Crippen LogP) is 3.20. The molecule has 104 valence electrons. The van der Waals surface area contributed by atoms with Gasteiger partial charge in [0.15, 0.2) is 17.5 Å². The summed E-state index contributed by atoms with van der Waals surface area (Å²) in [6.07, 6.45) is 2.48. The summed E-state index contributed by atoms with van der Waals surface area (Å²) >= 11 is 0. The van der Waals surface area contributed by atoms with Crippen molar-refractivity contribution in [3.8, 4) is 0 Å². The Balaban J connectivity index is 2.43. The first-order chi connectivity index (χ1) is 9.06. The maximum atomic E-state index is 12.9. The first kappa shape index (κ1) is 15.1. The lowest BCUT2D eigenvalue weighted by molar-refractivity contribution is 0.0490. The topological polar surface area (TPSA) is 35.5 Å². The maximum absolute atomic E-state index is 12.9. The lowest BCUT2D eigenvalue weighted by atomic mass is 10.2. The molecule has 3 nitrogen and oxygen atoms in total. The summed E-state index contributed by atoms with van der Waals surface area (Å²) in [7, 11) is 0. The molecule has 0 N–H and O–H groups in total. The second-order valence-corrected chi connectivity index (χ2v) is 3.63. The van der Waals surface area contributed by atoms with Crippen molar-refractivity contribution >= 4 is 5.97 Å². The van der Waals surface area contributed by atoms with E-state index in [1.807, 2.05) is 0 Å². The van der Waals surface area contributed by atoms with Crippen LogP contribution in [0.3, 0.4) is 0 Å². The number of halogens is 3. The highest BCUT2D eigenvalue weighted by molar-refractivity contribution is 5.89. The monoisotopic (exact) mass is 274 g/mol. The molecule has 0 unspecified atom stereocenters. The number of ether oxygens (including phenoxy) is 2. The minimum Gasteiger partial charge on any atom is -0.502 e. The van der Waals surface area contributed by atoms with Crippen LogP contribution in [0.4, 0.5) is 13.2 Å². The molecule has 0 heterocycles. The fourth-order valence-electron chi connectivity index (χ4n) is 1.29. The Kier molecular flexibility index (Phi) is 5.92. The molecule has 1 aromatic carbocycles. The van der Waals surface area contributed by atoms with Crippen LogP contribution in [0.2, 0.25) is 0 Å². The summed E-state index contributed by atoms with van der Waals surface area (Å²) in [6.45, 7) is 3.89. The van der Waals surface area contributed by atoms with E-state index >= 15 is 0 Å². The number of carbonyl (C=O) groups excluding carboxylic acids is 1. The molecule has 0 saturated carbocycles. The van der Waals surface area contributed by atoms with Crippen molar-refractivity contribution in [1.82, 2.24) is 0 Å². The molecule has 6 heteroatoms. The number of esters is 1. The van der Waals surface area contributed by atoms with Gasteiger partial charge in [-0.2, -0.15) is 0 Å². The first-order valence-corrected chi connectivity index (χ1v) is 5.60. The minimum atomic E-state index is -1.61. The van der Waals surface area contributed by atoms with Gasteiger partial charge >= 0.3 is 5.97 Å². The van der Waals surface area contributed by atoms with Crippen molar-refractivity contribution in [2.24, 2.45) is 0 Å². The van der Waals surface area contributed by atoms with E-state index in [9.17, 15) is 18.0 Å². The van der Waals surface area contributed by atoms with Crippen LogP contribution in [0.1, 0.15) is 23.2 Å². The molecule has 0 aliphatic heterocycles. The average molecular weight is 274 g/mol. The molecule has 0 amide bonds. The largest absolute Gasteiger partial charge is 0.502 e.